The number of amides is 1. The highest BCUT2D eigenvalue weighted by Crippen LogP contribution is 2.29. The monoisotopic (exact) mass is 266 g/mol. The van der Waals surface area contributed by atoms with Crippen molar-refractivity contribution in [3.63, 3.8) is 0 Å². The number of methoxy groups -OCH3 is 2. The topological polar surface area (TPSA) is 73.6 Å². The van der Waals surface area contributed by atoms with Crippen molar-refractivity contribution in [3.8, 4) is 11.5 Å². The largest absolute Gasteiger partial charge is 0.497 e. The molecule has 1 atom stereocenters. The van der Waals surface area contributed by atoms with Crippen LogP contribution in [0.1, 0.15) is 20.3 Å². The van der Waals surface area contributed by atoms with Crippen molar-refractivity contribution in [2.45, 2.75) is 26.3 Å². The molecule has 5 heteroatoms. The number of ether oxygens (including phenoxy) is 2. The van der Waals surface area contributed by atoms with E-state index in [0.29, 0.717) is 29.5 Å². The van der Waals surface area contributed by atoms with Crippen LogP contribution in [0.3, 0.4) is 0 Å². The Labute approximate surface area is 114 Å². The van der Waals surface area contributed by atoms with Crippen molar-refractivity contribution in [1.29, 1.82) is 0 Å². The molecule has 0 bridgehead atoms. The van der Waals surface area contributed by atoms with Crippen molar-refractivity contribution < 1.29 is 14.3 Å². The molecule has 0 aromatic heterocycles. The summed E-state index contributed by atoms with van der Waals surface area (Å²) in [6.45, 7) is 4.05. The Morgan fingerprint density at radius 1 is 1.32 bits per heavy atom. The van der Waals surface area contributed by atoms with Crippen molar-refractivity contribution in [1.82, 2.24) is 0 Å². The van der Waals surface area contributed by atoms with Crippen molar-refractivity contribution in [2.24, 2.45) is 11.7 Å². The number of carbonyl (C=O) groups is 1. The maximum absolute atomic E-state index is 12.0. The minimum atomic E-state index is -0.532. The quantitative estimate of drug-likeness (QED) is 0.826. The fraction of sp³-hybridized carbons (Fsp3) is 0.500. The molecule has 0 radical (unpaired) electrons. The molecule has 0 heterocycles. The van der Waals surface area contributed by atoms with Crippen LogP contribution in [0.4, 0.5) is 5.69 Å². The minimum Gasteiger partial charge on any atom is -0.497 e. The van der Waals surface area contributed by atoms with E-state index >= 15 is 0 Å². The number of hydrogen-bond donors (Lipinski definition) is 2. The van der Waals surface area contributed by atoms with E-state index < -0.39 is 6.04 Å². The van der Waals surface area contributed by atoms with Gasteiger partial charge in [0, 0.05) is 6.07 Å². The Bertz CT molecular complexity index is 433. The van der Waals surface area contributed by atoms with Gasteiger partial charge in [0.05, 0.1) is 25.9 Å². The van der Waals surface area contributed by atoms with E-state index in [4.69, 9.17) is 15.2 Å². The summed E-state index contributed by atoms with van der Waals surface area (Å²) in [6.07, 6.45) is 0.637. The van der Waals surface area contributed by atoms with Gasteiger partial charge in [0.25, 0.3) is 0 Å². The van der Waals surface area contributed by atoms with Crippen LogP contribution in [0.15, 0.2) is 18.2 Å². The Balaban J connectivity index is 2.82. The molecule has 0 spiro atoms. The van der Waals surface area contributed by atoms with Gasteiger partial charge in [-0.1, -0.05) is 13.8 Å². The van der Waals surface area contributed by atoms with Crippen LogP contribution in [0, 0.1) is 5.92 Å². The number of anilines is 1. The predicted molar refractivity (Wildman–Crippen MR) is 75.6 cm³/mol. The highest BCUT2D eigenvalue weighted by atomic mass is 16.5. The number of benzene rings is 1. The maximum Gasteiger partial charge on any atom is 0.241 e. The van der Waals surface area contributed by atoms with Crippen LogP contribution in [0.25, 0.3) is 0 Å². The molecule has 0 saturated carbocycles. The second kappa shape index (κ2) is 6.99. The van der Waals surface area contributed by atoms with Crippen LogP contribution in [0.5, 0.6) is 11.5 Å². The third-order valence-electron chi connectivity index (χ3n) is 2.73. The average molecular weight is 266 g/mol. The van der Waals surface area contributed by atoms with Crippen LogP contribution >= 0.6 is 0 Å². The first-order chi connectivity index (χ1) is 8.97. The Kier molecular flexibility index (Phi) is 5.63. The summed E-state index contributed by atoms with van der Waals surface area (Å²) < 4.78 is 10.3. The highest BCUT2D eigenvalue weighted by Gasteiger charge is 2.17. The van der Waals surface area contributed by atoms with Crippen LogP contribution in [-0.4, -0.2) is 26.2 Å². The second-order valence-corrected chi connectivity index (χ2v) is 4.79. The molecule has 0 saturated heterocycles. The molecular formula is C14H22N2O3. The SMILES string of the molecule is COc1ccc(OC)c(NC(=O)[C@@H](N)CC(C)C)c1. The lowest BCUT2D eigenvalue weighted by Crippen LogP contribution is -2.36. The molecule has 1 aromatic rings. The van der Waals surface area contributed by atoms with E-state index in [1.54, 1.807) is 32.4 Å². The normalized spacial score (nSPS) is 12.1. The molecule has 0 unspecified atom stereocenters. The molecule has 0 aliphatic rings. The molecule has 1 amide bonds. The van der Waals surface area contributed by atoms with Crippen LogP contribution in [-0.2, 0) is 4.79 Å². The Morgan fingerprint density at radius 2 is 2.00 bits per heavy atom. The molecule has 0 aliphatic carbocycles. The van der Waals surface area contributed by atoms with Gasteiger partial charge >= 0.3 is 0 Å². The lowest BCUT2D eigenvalue weighted by Gasteiger charge is -2.16. The van der Waals surface area contributed by atoms with Gasteiger partial charge in [-0.05, 0) is 24.5 Å². The maximum atomic E-state index is 12.0. The zero-order valence-electron chi connectivity index (χ0n) is 11.9. The van der Waals surface area contributed by atoms with Gasteiger partial charge in [0.2, 0.25) is 5.91 Å². The highest BCUT2D eigenvalue weighted by molar-refractivity contribution is 5.96. The summed E-state index contributed by atoms with van der Waals surface area (Å²) in [5, 5.41) is 2.77. The van der Waals surface area contributed by atoms with Gasteiger partial charge in [0.1, 0.15) is 11.5 Å². The summed E-state index contributed by atoms with van der Waals surface area (Å²) in [7, 11) is 3.11. The van der Waals surface area contributed by atoms with Crippen LogP contribution < -0.4 is 20.5 Å². The fourth-order valence-corrected chi connectivity index (χ4v) is 1.75. The van der Waals surface area contributed by atoms with E-state index in [-0.39, 0.29) is 5.91 Å². The molecule has 5 nitrogen and oxygen atoms in total. The summed E-state index contributed by atoms with van der Waals surface area (Å²) in [5.41, 5.74) is 6.41. The van der Waals surface area contributed by atoms with E-state index in [0.717, 1.165) is 0 Å². The third-order valence-corrected chi connectivity index (χ3v) is 2.73. The summed E-state index contributed by atoms with van der Waals surface area (Å²) >= 11 is 0. The summed E-state index contributed by atoms with van der Waals surface area (Å²) in [5.74, 6) is 1.37. The van der Waals surface area contributed by atoms with Crippen LogP contribution in [0.2, 0.25) is 0 Å². The molecule has 1 aromatic carbocycles. The number of hydrogen-bond acceptors (Lipinski definition) is 4. The fourth-order valence-electron chi connectivity index (χ4n) is 1.75. The van der Waals surface area contributed by atoms with Gasteiger partial charge in [-0.2, -0.15) is 0 Å². The molecule has 0 fully saturated rings. The van der Waals surface area contributed by atoms with Gasteiger partial charge in [0.15, 0.2) is 0 Å². The lowest BCUT2D eigenvalue weighted by atomic mass is 10.0. The van der Waals surface area contributed by atoms with E-state index in [1.807, 2.05) is 13.8 Å². The predicted octanol–water partition coefficient (Wildman–Crippen LogP) is 2.02. The van der Waals surface area contributed by atoms with Gasteiger partial charge < -0.3 is 20.5 Å². The molecule has 19 heavy (non-hydrogen) atoms. The number of carbonyl (C=O) groups excluding carboxylic acids is 1. The lowest BCUT2D eigenvalue weighted by molar-refractivity contribution is -0.117. The van der Waals surface area contributed by atoms with Crippen molar-refractivity contribution in [3.05, 3.63) is 18.2 Å². The minimum absolute atomic E-state index is 0.222. The van der Waals surface area contributed by atoms with Gasteiger partial charge in [-0.25, -0.2) is 0 Å². The first kappa shape index (κ1) is 15.3. The summed E-state index contributed by atoms with van der Waals surface area (Å²) in [4.78, 5) is 12.0. The molecule has 3 N–H and O–H groups in total. The zero-order valence-corrected chi connectivity index (χ0v) is 11.9. The van der Waals surface area contributed by atoms with E-state index in [1.165, 1.54) is 0 Å². The Hall–Kier alpha value is -1.75. The standard InChI is InChI=1S/C14H22N2O3/c1-9(2)7-11(15)14(17)16-12-8-10(18-3)5-6-13(12)19-4/h5-6,8-9,11H,7,15H2,1-4H3,(H,16,17)/t11-/m0/s1. The average Bonchev–Trinajstić information content (AvgIpc) is 2.37. The van der Waals surface area contributed by atoms with Gasteiger partial charge in [-0.15, -0.1) is 0 Å². The van der Waals surface area contributed by atoms with E-state index in [2.05, 4.69) is 5.32 Å². The third kappa shape index (κ3) is 4.44. The van der Waals surface area contributed by atoms with Crippen molar-refractivity contribution >= 4 is 11.6 Å². The summed E-state index contributed by atoms with van der Waals surface area (Å²) in [6, 6.07) is 4.68. The van der Waals surface area contributed by atoms with Gasteiger partial charge in [-0.3, -0.25) is 4.79 Å². The smallest absolute Gasteiger partial charge is 0.241 e. The number of rotatable bonds is 6. The molecule has 0 aliphatic heterocycles. The van der Waals surface area contributed by atoms with E-state index in [9.17, 15) is 4.79 Å². The number of nitrogens with one attached hydrogen (secondary N) is 1. The first-order valence-electron chi connectivity index (χ1n) is 6.26. The molecule has 106 valence electrons. The zero-order chi connectivity index (χ0) is 14.4. The second-order valence-electron chi connectivity index (χ2n) is 4.79. The Morgan fingerprint density at radius 3 is 2.53 bits per heavy atom. The number of nitrogens with two attached hydrogens (primary N) is 1. The molecular weight excluding hydrogens is 244 g/mol. The molecule has 1 rings (SSSR count). The first-order valence-corrected chi connectivity index (χ1v) is 6.26. The van der Waals surface area contributed by atoms with Crippen molar-refractivity contribution in [2.75, 3.05) is 19.5 Å².